The van der Waals surface area contributed by atoms with Gasteiger partial charge in [-0.05, 0) is 62.8 Å². The van der Waals surface area contributed by atoms with Gasteiger partial charge in [0.1, 0.15) is 0 Å². The Bertz CT molecular complexity index is 886. The summed E-state index contributed by atoms with van der Waals surface area (Å²) in [4.78, 5) is 14.6. The molecule has 0 aromatic heterocycles. The SMILES string of the molecule is Cc1ccc(S(=O)(=O)OC[C@H]2CC[C@H](N(C)C(=O)c3ccccc3)CC2)cc1. The van der Waals surface area contributed by atoms with Crippen molar-refractivity contribution >= 4 is 16.0 Å². The maximum atomic E-state index is 12.6. The second-order valence-corrected chi connectivity index (χ2v) is 9.12. The number of carbonyl (C=O) groups excluding carboxylic acids is 1. The summed E-state index contributed by atoms with van der Waals surface area (Å²) in [5.41, 5.74) is 1.70. The van der Waals surface area contributed by atoms with E-state index in [4.69, 9.17) is 4.18 Å². The van der Waals surface area contributed by atoms with Crippen molar-refractivity contribution in [3.05, 3.63) is 65.7 Å². The van der Waals surface area contributed by atoms with E-state index >= 15 is 0 Å². The molecule has 0 spiro atoms. The van der Waals surface area contributed by atoms with Gasteiger partial charge in [0.15, 0.2) is 0 Å². The van der Waals surface area contributed by atoms with Crippen LogP contribution in [0.2, 0.25) is 0 Å². The first-order valence-corrected chi connectivity index (χ1v) is 11.1. The number of aryl methyl sites for hydroxylation is 1. The molecule has 6 heteroatoms. The molecule has 1 amide bonds. The van der Waals surface area contributed by atoms with Gasteiger partial charge < -0.3 is 4.90 Å². The summed E-state index contributed by atoms with van der Waals surface area (Å²) in [7, 11) is -1.87. The van der Waals surface area contributed by atoms with Gasteiger partial charge in [-0.3, -0.25) is 8.98 Å². The molecule has 0 radical (unpaired) electrons. The lowest BCUT2D eigenvalue weighted by atomic mass is 9.86. The smallest absolute Gasteiger partial charge is 0.296 e. The molecular formula is C22H27NO4S. The third kappa shape index (κ3) is 5.00. The zero-order valence-corrected chi connectivity index (χ0v) is 17.2. The van der Waals surface area contributed by atoms with Gasteiger partial charge >= 0.3 is 0 Å². The quantitative estimate of drug-likeness (QED) is 0.686. The summed E-state index contributed by atoms with van der Waals surface area (Å²) in [6, 6.07) is 16.1. The maximum absolute atomic E-state index is 12.6. The van der Waals surface area contributed by atoms with E-state index in [-0.39, 0.29) is 29.4 Å². The molecular weight excluding hydrogens is 374 g/mol. The number of benzene rings is 2. The van der Waals surface area contributed by atoms with Crippen molar-refractivity contribution in [2.75, 3.05) is 13.7 Å². The Hall–Kier alpha value is -2.18. The van der Waals surface area contributed by atoms with E-state index in [1.165, 1.54) is 0 Å². The molecule has 1 saturated carbocycles. The van der Waals surface area contributed by atoms with Crippen molar-refractivity contribution in [2.24, 2.45) is 5.92 Å². The second-order valence-electron chi connectivity index (χ2n) is 7.51. The lowest BCUT2D eigenvalue weighted by Crippen LogP contribution is -2.40. The molecule has 0 bridgehead atoms. The van der Waals surface area contributed by atoms with E-state index in [0.29, 0.717) is 5.56 Å². The molecule has 28 heavy (non-hydrogen) atoms. The Morgan fingerprint density at radius 3 is 2.21 bits per heavy atom. The molecule has 2 aromatic carbocycles. The van der Waals surface area contributed by atoms with E-state index in [0.717, 1.165) is 31.2 Å². The van der Waals surface area contributed by atoms with E-state index in [2.05, 4.69) is 0 Å². The van der Waals surface area contributed by atoms with Gasteiger partial charge in [0.25, 0.3) is 16.0 Å². The van der Waals surface area contributed by atoms with Gasteiger partial charge in [-0.25, -0.2) is 0 Å². The molecule has 150 valence electrons. The fraction of sp³-hybridized carbons (Fsp3) is 0.409. The van der Waals surface area contributed by atoms with Gasteiger partial charge in [-0.15, -0.1) is 0 Å². The molecule has 1 fully saturated rings. The van der Waals surface area contributed by atoms with Gasteiger partial charge in [-0.2, -0.15) is 8.42 Å². The van der Waals surface area contributed by atoms with Crippen LogP contribution in [0.5, 0.6) is 0 Å². The summed E-state index contributed by atoms with van der Waals surface area (Å²) in [5.74, 6) is 0.221. The molecule has 0 saturated heterocycles. The summed E-state index contributed by atoms with van der Waals surface area (Å²) in [6.45, 7) is 2.11. The minimum Gasteiger partial charge on any atom is -0.339 e. The Kier molecular flexibility index (Phi) is 6.52. The molecule has 0 heterocycles. The number of nitrogens with zero attached hydrogens (tertiary/aromatic N) is 1. The van der Waals surface area contributed by atoms with E-state index < -0.39 is 10.1 Å². The van der Waals surface area contributed by atoms with Crippen molar-refractivity contribution in [3.8, 4) is 0 Å². The summed E-state index contributed by atoms with van der Waals surface area (Å²) in [5, 5.41) is 0. The number of amides is 1. The van der Waals surface area contributed by atoms with Crippen LogP contribution in [0.25, 0.3) is 0 Å². The predicted octanol–water partition coefficient (Wildman–Crippen LogP) is 4.03. The molecule has 0 unspecified atom stereocenters. The average molecular weight is 402 g/mol. The van der Waals surface area contributed by atoms with Gasteiger partial charge in [0, 0.05) is 18.7 Å². The highest BCUT2D eigenvalue weighted by Gasteiger charge is 2.28. The lowest BCUT2D eigenvalue weighted by molar-refractivity contribution is 0.0660. The molecule has 0 atom stereocenters. The van der Waals surface area contributed by atoms with Gasteiger partial charge in [0.2, 0.25) is 0 Å². The van der Waals surface area contributed by atoms with Crippen molar-refractivity contribution in [2.45, 2.75) is 43.5 Å². The van der Waals surface area contributed by atoms with Crippen molar-refractivity contribution in [1.29, 1.82) is 0 Å². The molecule has 3 rings (SSSR count). The highest BCUT2D eigenvalue weighted by Crippen LogP contribution is 2.29. The van der Waals surface area contributed by atoms with Crippen molar-refractivity contribution in [3.63, 3.8) is 0 Å². The van der Waals surface area contributed by atoms with Crippen LogP contribution in [0.4, 0.5) is 0 Å². The largest absolute Gasteiger partial charge is 0.339 e. The molecule has 2 aromatic rings. The number of hydrogen-bond donors (Lipinski definition) is 0. The van der Waals surface area contributed by atoms with Crippen LogP contribution >= 0.6 is 0 Å². The minimum absolute atomic E-state index is 0.0299. The fourth-order valence-electron chi connectivity index (χ4n) is 3.61. The van der Waals surface area contributed by atoms with E-state index in [1.54, 1.807) is 24.3 Å². The topological polar surface area (TPSA) is 63.7 Å². The standard InChI is InChI=1S/C22H27NO4S/c1-17-8-14-21(15-9-17)28(25,26)27-16-18-10-12-20(13-11-18)23(2)22(24)19-6-4-3-5-7-19/h3-9,14-15,18,20H,10-13,16H2,1-2H3/t18-,20-. The molecule has 0 N–H and O–H groups in total. The van der Waals surface area contributed by atoms with Crippen LogP contribution in [0.15, 0.2) is 59.5 Å². The van der Waals surface area contributed by atoms with Crippen molar-refractivity contribution < 1.29 is 17.4 Å². The van der Waals surface area contributed by atoms with Crippen LogP contribution in [0.3, 0.4) is 0 Å². The van der Waals surface area contributed by atoms with Gasteiger partial charge in [-0.1, -0.05) is 35.9 Å². The summed E-state index contributed by atoms with van der Waals surface area (Å²) >= 11 is 0. The zero-order chi connectivity index (χ0) is 20.1. The Labute approximate surface area is 167 Å². The van der Waals surface area contributed by atoms with Crippen LogP contribution in [-0.2, 0) is 14.3 Å². The van der Waals surface area contributed by atoms with Gasteiger partial charge in [0.05, 0.1) is 11.5 Å². The second kappa shape index (κ2) is 8.88. The third-order valence-corrected chi connectivity index (χ3v) is 6.77. The fourth-order valence-corrected chi connectivity index (χ4v) is 4.58. The minimum atomic E-state index is -3.72. The van der Waals surface area contributed by atoms with Crippen LogP contribution in [-0.4, -0.2) is 38.9 Å². The first kappa shape index (κ1) is 20.6. The van der Waals surface area contributed by atoms with E-state index in [9.17, 15) is 13.2 Å². The summed E-state index contributed by atoms with van der Waals surface area (Å²) in [6.07, 6.45) is 3.41. The Balaban J connectivity index is 1.50. The molecule has 1 aliphatic rings. The highest BCUT2D eigenvalue weighted by molar-refractivity contribution is 7.86. The maximum Gasteiger partial charge on any atom is 0.296 e. The number of hydrogen-bond acceptors (Lipinski definition) is 4. The monoisotopic (exact) mass is 401 g/mol. The predicted molar refractivity (Wildman–Crippen MR) is 109 cm³/mol. The Morgan fingerprint density at radius 1 is 1.00 bits per heavy atom. The first-order valence-electron chi connectivity index (χ1n) is 9.65. The van der Waals surface area contributed by atoms with E-state index in [1.807, 2.05) is 49.2 Å². The molecule has 0 aliphatic heterocycles. The normalized spacial score (nSPS) is 19.9. The Morgan fingerprint density at radius 2 is 1.61 bits per heavy atom. The number of rotatable bonds is 6. The molecule has 1 aliphatic carbocycles. The summed E-state index contributed by atoms with van der Waals surface area (Å²) < 4.78 is 30.0. The van der Waals surface area contributed by atoms with Crippen LogP contribution in [0.1, 0.15) is 41.6 Å². The average Bonchev–Trinajstić information content (AvgIpc) is 2.72. The zero-order valence-electron chi connectivity index (χ0n) is 16.4. The van der Waals surface area contributed by atoms with Crippen LogP contribution in [0, 0.1) is 12.8 Å². The third-order valence-electron chi connectivity index (χ3n) is 5.47. The number of carbonyl (C=O) groups is 1. The highest BCUT2D eigenvalue weighted by atomic mass is 32.2. The molecule has 5 nitrogen and oxygen atoms in total. The van der Waals surface area contributed by atoms with Crippen molar-refractivity contribution in [1.82, 2.24) is 4.90 Å². The van der Waals surface area contributed by atoms with Crippen LogP contribution < -0.4 is 0 Å². The lowest BCUT2D eigenvalue weighted by Gasteiger charge is -2.34. The first-order chi connectivity index (χ1) is 13.4.